The molecule has 1 aliphatic rings. The third kappa shape index (κ3) is 1.19. The standard InChI is InChI=1S/C10H11N2O2/c1-10(2)9(13)12-8-6(11)4-3-5-7(8)14-10/h3-5,11H,1-2H3,(H,12,13). The predicted octanol–water partition coefficient (Wildman–Crippen LogP) is 1.71. The minimum atomic E-state index is -0.860. The molecule has 1 radical (unpaired) electrons. The van der Waals surface area contributed by atoms with E-state index in [4.69, 9.17) is 10.5 Å². The van der Waals surface area contributed by atoms with Gasteiger partial charge < -0.3 is 10.1 Å². The second-order valence-corrected chi connectivity index (χ2v) is 3.75. The fourth-order valence-electron chi connectivity index (χ4n) is 1.33. The Morgan fingerprint density at radius 1 is 1.43 bits per heavy atom. The summed E-state index contributed by atoms with van der Waals surface area (Å²) in [6.45, 7) is 3.39. The highest BCUT2D eigenvalue weighted by Crippen LogP contribution is 2.37. The fourth-order valence-corrected chi connectivity index (χ4v) is 1.33. The van der Waals surface area contributed by atoms with E-state index >= 15 is 0 Å². The van der Waals surface area contributed by atoms with E-state index in [2.05, 4.69) is 5.32 Å². The van der Waals surface area contributed by atoms with Gasteiger partial charge in [0, 0.05) is 0 Å². The van der Waals surface area contributed by atoms with Gasteiger partial charge in [0.1, 0.15) is 11.4 Å². The van der Waals surface area contributed by atoms with Crippen molar-refractivity contribution in [3.8, 4) is 5.75 Å². The summed E-state index contributed by atoms with van der Waals surface area (Å²) in [5.41, 5.74) is 7.44. The zero-order chi connectivity index (χ0) is 10.3. The van der Waals surface area contributed by atoms with Crippen LogP contribution in [0.2, 0.25) is 0 Å². The minimum absolute atomic E-state index is 0.218. The van der Waals surface area contributed by atoms with E-state index < -0.39 is 5.60 Å². The molecule has 1 aromatic rings. The summed E-state index contributed by atoms with van der Waals surface area (Å²) in [5, 5.41) is 2.67. The topological polar surface area (TPSA) is 62.1 Å². The maximum Gasteiger partial charge on any atom is 0.268 e. The number of hydrogen-bond acceptors (Lipinski definition) is 2. The average Bonchev–Trinajstić information content (AvgIpc) is 2.08. The van der Waals surface area contributed by atoms with Crippen molar-refractivity contribution < 1.29 is 9.53 Å². The van der Waals surface area contributed by atoms with Crippen LogP contribution in [0.3, 0.4) is 0 Å². The molecule has 0 spiro atoms. The van der Waals surface area contributed by atoms with E-state index in [1.165, 1.54) is 0 Å². The molecule has 1 aromatic carbocycles. The highest BCUT2D eigenvalue weighted by Gasteiger charge is 2.35. The first kappa shape index (κ1) is 8.87. The summed E-state index contributed by atoms with van der Waals surface area (Å²) in [4.78, 5) is 11.5. The van der Waals surface area contributed by atoms with E-state index in [9.17, 15) is 4.79 Å². The molecule has 0 saturated carbocycles. The molecule has 2 N–H and O–H groups in total. The summed E-state index contributed by atoms with van der Waals surface area (Å²) < 4.78 is 5.48. The lowest BCUT2D eigenvalue weighted by molar-refractivity contribution is -0.129. The number of carbonyl (C=O) groups excluding carboxylic acids is 1. The van der Waals surface area contributed by atoms with Crippen LogP contribution in [0.15, 0.2) is 18.2 Å². The van der Waals surface area contributed by atoms with Crippen LogP contribution in [0.4, 0.5) is 11.4 Å². The molecule has 4 nitrogen and oxygen atoms in total. The Bertz CT molecular complexity index is 399. The van der Waals surface area contributed by atoms with Crippen molar-refractivity contribution in [2.45, 2.75) is 19.4 Å². The molecule has 0 unspecified atom stereocenters. The van der Waals surface area contributed by atoms with Crippen LogP contribution in [0.5, 0.6) is 5.75 Å². The van der Waals surface area contributed by atoms with Gasteiger partial charge in [0.25, 0.3) is 5.91 Å². The Morgan fingerprint density at radius 3 is 2.86 bits per heavy atom. The number of fused-ring (bicyclic) bond motifs is 1. The van der Waals surface area contributed by atoms with Gasteiger partial charge in [-0.05, 0) is 26.0 Å². The van der Waals surface area contributed by atoms with E-state index in [0.717, 1.165) is 0 Å². The molecule has 0 saturated heterocycles. The highest BCUT2D eigenvalue weighted by atomic mass is 16.5. The lowest BCUT2D eigenvalue weighted by Gasteiger charge is -2.31. The second kappa shape index (κ2) is 2.64. The smallest absolute Gasteiger partial charge is 0.268 e. The van der Waals surface area contributed by atoms with Crippen molar-refractivity contribution in [3.63, 3.8) is 0 Å². The highest BCUT2D eigenvalue weighted by molar-refractivity contribution is 6.02. The van der Waals surface area contributed by atoms with E-state index in [1.54, 1.807) is 32.0 Å². The van der Waals surface area contributed by atoms with Crippen LogP contribution in [-0.2, 0) is 4.79 Å². The quantitative estimate of drug-likeness (QED) is 0.678. The van der Waals surface area contributed by atoms with Crippen LogP contribution >= 0.6 is 0 Å². The lowest BCUT2D eigenvalue weighted by atomic mass is 10.1. The molecule has 1 aliphatic heterocycles. The monoisotopic (exact) mass is 191 g/mol. The molecular formula is C10H11N2O2. The van der Waals surface area contributed by atoms with E-state index in [-0.39, 0.29) is 11.6 Å². The van der Waals surface area contributed by atoms with Crippen LogP contribution in [0.25, 0.3) is 0 Å². The van der Waals surface area contributed by atoms with Crippen LogP contribution < -0.4 is 15.8 Å². The average molecular weight is 191 g/mol. The third-order valence-electron chi connectivity index (χ3n) is 2.18. The van der Waals surface area contributed by atoms with Crippen LogP contribution in [0.1, 0.15) is 13.8 Å². The van der Waals surface area contributed by atoms with E-state index in [0.29, 0.717) is 11.4 Å². The van der Waals surface area contributed by atoms with Crippen LogP contribution in [0, 0.1) is 0 Å². The number of hydrogen-bond donors (Lipinski definition) is 1. The Balaban J connectivity index is 2.51. The van der Waals surface area contributed by atoms with Crippen molar-refractivity contribution in [3.05, 3.63) is 18.2 Å². The summed E-state index contributed by atoms with van der Waals surface area (Å²) in [7, 11) is 0. The molecule has 2 rings (SSSR count). The van der Waals surface area contributed by atoms with Gasteiger partial charge in [0.2, 0.25) is 0 Å². The van der Waals surface area contributed by atoms with Crippen LogP contribution in [-0.4, -0.2) is 11.5 Å². The maximum atomic E-state index is 11.5. The Kier molecular flexibility index (Phi) is 1.67. The largest absolute Gasteiger partial charge is 0.476 e. The molecule has 0 aromatic heterocycles. The Labute approximate surface area is 82.1 Å². The second-order valence-electron chi connectivity index (χ2n) is 3.75. The Hall–Kier alpha value is -1.71. The number of rotatable bonds is 0. The molecule has 0 aliphatic carbocycles. The SMILES string of the molecule is CC1(C)Oc2cccc([NH])c2NC1=O. The maximum absolute atomic E-state index is 11.5. The van der Waals surface area contributed by atoms with Gasteiger partial charge in [0.15, 0.2) is 5.60 Å². The summed E-state index contributed by atoms with van der Waals surface area (Å²) >= 11 is 0. The zero-order valence-electron chi connectivity index (χ0n) is 8.05. The van der Waals surface area contributed by atoms with Crippen molar-refractivity contribution >= 4 is 17.3 Å². The first-order valence-corrected chi connectivity index (χ1v) is 4.36. The van der Waals surface area contributed by atoms with Crippen molar-refractivity contribution in [2.75, 3.05) is 5.32 Å². The van der Waals surface area contributed by atoms with E-state index in [1.807, 2.05) is 0 Å². The number of ether oxygens (including phenoxy) is 1. The molecule has 14 heavy (non-hydrogen) atoms. The number of nitrogens with one attached hydrogen (secondary N) is 2. The van der Waals surface area contributed by atoms with Crippen molar-refractivity contribution in [2.24, 2.45) is 0 Å². The summed E-state index contributed by atoms with van der Waals surface area (Å²) in [6, 6.07) is 5.09. The number of para-hydroxylation sites is 1. The summed E-state index contributed by atoms with van der Waals surface area (Å²) in [6.07, 6.45) is 0. The van der Waals surface area contributed by atoms with Gasteiger partial charge in [-0.25, -0.2) is 0 Å². The number of amides is 1. The van der Waals surface area contributed by atoms with Gasteiger partial charge in [-0.15, -0.1) is 0 Å². The molecule has 73 valence electrons. The number of carbonyl (C=O) groups is 1. The number of anilines is 1. The number of benzene rings is 1. The minimum Gasteiger partial charge on any atom is -0.476 e. The molecule has 0 atom stereocenters. The molecule has 4 heteroatoms. The fraction of sp³-hybridized carbons (Fsp3) is 0.300. The lowest BCUT2D eigenvalue weighted by Crippen LogP contribution is -2.45. The van der Waals surface area contributed by atoms with Gasteiger partial charge in [0.05, 0.1) is 5.69 Å². The zero-order valence-corrected chi connectivity index (χ0v) is 8.05. The van der Waals surface area contributed by atoms with Crippen molar-refractivity contribution in [1.82, 2.24) is 5.73 Å². The van der Waals surface area contributed by atoms with Crippen molar-refractivity contribution in [1.29, 1.82) is 0 Å². The predicted molar refractivity (Wildman–Crippen MR) is 52.5 cm³/mol. The molecule has 1 amide bonds. The third-order valence-corrected chi connectivity index (χ3v) is 2.18. The Morgan fingerprint density at radius 2 is 2.14 bits per heavy atom. The first-order chi connectivity index (χ1) is 6.50. The molecular weight excluding hydrogens is 180 g/mol. The van der Waals surface area contributed by atoms with Gasteiger partial charge in [-0.1, -0.05) is 6.07 Å². The molecule has 0 fully saturated rings. The van der Waals surface area contributed by atoms with Gasteiger partial charge >= 0.3 is 0 Å². The van der Waals surface area contributed by atoms with Gasteiger partial charge in [-0.2, -0.15) is 0 Å². The summed E-state index contributed by atoms with van der Waals surface area (Å²) in [5.74, 6) is 0.340. The molecule has 0 bridgehead atoms. The normalized spacial score (nSPS) is 18.0. The van der Waals surface area contributed by atoms with Gasteiger partial charge in [-0.3, -0.25) is 10.5 Å². The molecule has 1 heterocycles. The first-order valence-electron chi connectivity index (χ1n) is 4.36.